The van der Waals surface area contributed by atoms with Crippen LogP contribution in [-0.4, -0.2) is 11.0 Å². The minimum absolute atomic E-state index is 0.0482. The van der Waals surface area contributed by atoms with Crippen molar-refractivity contribution in [3.05, 3.63) is 53.6 Å². The number of nitrogens with one attached hydrogen (secondary N) is 1. The molecule has 4 N–H and O–H groups in total. The second kappa shape index (κ2) is 5.10. The lowest BCUT2D eigenvalue weighted by molar-refractivity contribution is 0.102. The highest BCUT2D eigenvalue weighted by molar-refractivity contribution is 6.08. The molecule has 5 heteroatoms. The largest absolute Gasteiger partial charge is 0.508 e. The number of rotatable bonds is 2. The lowest BCUT2D eigenvalue weighted by Crippen LogP contribution is -2.14. The number of carbonyl (C=O) groups is 1. The Morgan fingerprint density at radius 2 is 2.00 bits per heavy atom. The Bertz CT molecular complexity index is 675. The topological polar surface area (TPSA) is 99.1 Å². The van der Waals surface area contributed by atoms with Gasteiger partial charge in [-0.3, -0.25) is 4.79 Å². The average molecular weight is 253 g/mol. The summed E-state index contributed by atoms with van der Waals surface area (Å²) >= 11 is 0. The van der Waals surface area contributed by atoms with Crippen molar-refractivity contribution < 1.29 is 9.90 Å². The Hall–Kier alpha value is -3.00. The molecule has 0 aromatic heterocycles. The fourth-order valence-corrected chi connectivity index (χ4v) is 1.62. The molecule has 94 valence electrons. The van der Waals surface area contributed by atoms with Crippen LogP contribution in [0.1, 0.15) is 15.9 Å². The van der Waals surface area contributed by atoms with Crippen LogP contribution in [0.4, 0.5) is 11.4 Å². The van der Waals surface area contributed by atoms with Gasteiger partial charge in [-0.15, -0.1) is 0 Å². The third kappa shape index (κ3) is 2.64. The van der Waals surface area contributed by atoms with E-state index in [0.29, 0.717) is 11.3 Å². The molecule has 19 heavy (non-hydrogen) atoms. The van der Waals surface area contributed by atoms with Crippen LogP contribution in [0.2, 0.25) is 0 Å². The number of hydrogen-bond donors (Lipinski definition) is 3. The van der Waals surface area contributed by atoms with Gasteiger partial charge in [-0.25, -0.2) is 0 Å². The van der Waals surface area contributed by atoms with Crippen LogP contribution in [0.5, 0.6) is 5.75 Å². The van der Waals surface area contributed by atoms with Crippen molar-refractivity contribution in [1.29, 1.82) is 5.26 Å². The highest BCUT2D eigenvalue weighted by Crippen LogP contribution is 2.21. The van der Waals surface area contributed by atoms with Crippen molar-refractivity contribution in [2.24, 2.45) is 0 Å². The molecule has 0 bridgehead atoms. The second-order valence-corrected chi connectivity index (χ2v) is 3.88. The summed E-state index contributed by atoms with van der Waals surface area (Å²) in [7, 11) is 0. The standard InChI is InChI=1S/C14H11N3O2/c15-8-9-3-1-2-4-13(9)17-14(19)11-7-10(18)5-6-12(11)16/h1-7,18H,16H2,(H,17,19). The van der Waals surface area contributed by atoms with Crippen LogP contribution in [0.3, 0.4) is 0 Å². The van der Waals surface area contributed by atoms with E-state index in [-0.39, 0.29) is 17.0 Å². The van der Waals surface area contributed by atoms with Crippen molar-refractivity contribution in [1.82, 2.24) is 0 Å². The van der Waals surface area contributed by atoms with Crippen LogP contribution in [0.25, 0.3) is 0 Å². The van der Waals surface area contributed by atoms with Gasteiger partial charge in [0, 0.05) is 5.69 Å². The van der Waals surface area contributed by atoms with Crippen molar-refractivity contribution in [3.8, 4) is 11.8 Å². The molecular weight excluding hydrogens is 242 g/mol. The quantitative estimate of drug-likeness (QED) is 0.563. The maximum atomic E-state index is 12.0. The first-order chi connectivity index (χ1) is 9.11. The first-order valence-corrected chi connectivity index (χ1v) is 5.51. The van der Waals surface area contributed by atoms with Gasteiger partial charge in [0.15, 0.2) is 0 Å². The molecule has 5 nitrogen and oxygen atoms in total. The predicted octanol–water partition coefficient (Wildman–Crippen LogP) is 2.10. The first-order valence-electron chi connectivity index (χ1n) is 5.51. The third-order valence-corrected chi connectivity index (χ3v) is 2.58. The fraction of sp³-hybridized carbons (Fsp3) is 0. The SMILES string of the molecule is N#Cc1ccccc1NC(=O)c1cc(O)ccc1N. The molecule has 0 saturated heterocycles. The average Bonchev–Trinajstić information content (AvgIpc) is 2.42. The molecule has 2 aromatic carbocycles. The summed E-state index contributed by atoms with van der Waals surface area (Å²) in [5, 5.41) is 20.9. The summed E-state index contributed by atoms with van der Waals surface area (Å²) in [6.07, 6.45) is 0. The molecule has 2 rings (SSSR count). The van der Waals surface area contributed by atoms with E-state index in [4.69, 9.17) is 11.0 Å². The highest BCUT2D eigenvalue weighted by Gasteiger charge is 2.12. The van der Waals surface area contributed by atoms with E-state index in [0.717, 1.165) is 0 Å². The summed E-state index contributed by atoms with van der Waals surface area (Å²) in [6, 6.07) is 12.7. The maximum absolute atomic E-state index is 12.0. The fourth-order valence-electron chi connectivity index (χ4n) is 1.62. The van der Waals surface area contributed by atoms with Gasteiger partial charge in [-0.2, -0.15) is 5.26 Å². The van der Waals surface area contributed by atoms with E-state index in [1.807, 2.05) is 6.07 Å². The Labute approximate surface area is 109 Å². The summed E-state index contributed by atoms with van der Waals surface area (Å²) in [4.78, 5) is 12.0. The molecule has 0 aliphatic carbocycles. The smallest absolute Gasteiger partial charge is 0.257 e. The van der Waals surface area contributed by atoms with E-state index >= 15 is 0 Å². The molecule has 0 radical (unpaired) electrons. The molecule has 0 aliphatic rings. The third-order valence-electron chi connectivity index (χ3n) is 2.58. The second-order valence-electron chi connectivity index (χ2n) is 3.88. The number of nitrogens with two attached hydrogens (primary N) is 1. The number of para-hydroxylation sites is 1. The number of nitrogen functional groups attached to an aromatic ring is 1. The van der Waals surface area contributed by atoms with Crippen molar-refractivity contribution in [2.45, 2.75) is 0 Å². The summed E-state index contributed by atoms with van der Waals surface area (Å²) < 4.78 is 0. The van der Waals surface area contributed by atoms with E-state index in [2.05, 4.69) is 5.32 Å². The van der Waals surface area contributed by atoms with Gasteiger partial charge in [0.1, 0.15) is 11.8 Å². The van der Waals surface area contributed by atoms with Crippen LogP contribution in [0, 0.1) is 11.3 Å². The number of nitrogens with zero attached hydrogens (tertiary/aromatic N) is 1. The van der Waals surface area contributed by atoms with Gasteiger partial charge in [0.2, 0.25) is 0 Å². The monoisotopic (exact) mass is 253 g/mol. The molecule has 0 aliphatic heterocycles. The van der Waals surface area contributed by atoms with Crippen molar-refractivity contribution >= 4 is 17.3 Å². The van der Waals surface area contributed by atoms with Gasteiger partial charge in [0.05, 0.1) is 16.8 Å². The van der Waals surface area contributed by atoms with E-state index < -0.39 is 5.91 Å². The number of amides is 1. The van der Waals surface area contributed by atoms with Crippen LogP contribution >= 0.6 is 0 Å². The molecule has 0 unspecified atom stereocenters. The molecule has 1 amide bonds. The number of benzene rings is 2. The van der Waals surface area contributed by atoms with Crippen LogP contribution in [0.15, 0.2) is 42.5 Å². The minimum Gasteiger partial charge on any atom is -0.508 e. The maximum Gasteiger partial charge on any atom is 0.257 e. The molecular formula is C14H11N3O2. The zero-order valence-electron chi connectivity index (χ0n) is 9.92. The van der Waals surface area contributed by atoms with Gasteiger partial charge in [-0.1, -0.05) is 12.1 Å². The number of hydrogen-bond acceptors (Lipinski definition) is 4. The Morgan fingerprint density at radius 3 is 2.74 bits per heavy atom. The van der Waals surface area contributed by atoms with Crippen molar-refractivity contribution in [3.63, 3.8) is 0 Å². The predicted molar refractivity (Wildman–Crippen MR) is 71.6 cm³/mol. The lowest BCUT2D eigenvalue weighted by Gasteiger charge is -2.09. The van der Waals surface area contributed by atoms with Crippen molar-refractivity contribution in [2.75, 3.05) is 11.1 Å². The molecule has 2 aromatic rings. The minimum atomic E-state index is -0.476. The normalized spacial score (nSPS) is 9.63. The number of phenolic OH excluding ortho intramolecular Hbond substituents is 1. The molecule has 0 spiro atoms. The zero-order chi connectivity index (χ0) is 13.8. The van der Waals surface area contributed by atoms with Gasteiger partial charge < -0.3 is 16.2 Å². The van der Waals surface area contributed by atoms with Crippen LogP contribution < -0.4 is 11.1 Å². The van der Waals surface area contributed by atoms with E-state index in [1.54, 1.807) is 24.3 Å². The first kappa shape index (κ1) is 12.5. The molecule has 0 heterocycles. The lowest BCUT2D eigenvalue weighted by atomic mass is 10.1. The molecule has 0 saturated carbocycles. The number of phenols is 1. The van der Waals surface area contributed by atoms with Crippen LogP contribution in [-0.2, 0) is 0 Å². The molecule has 0 atom stereocenters. The number of carbonyl (C=O) groups excluding carboxylic acids is 1. The zero-order valence-corrected chi connectivity index (χ0v) is 9.92. The van der Waals surface area contributed by atoms with Gasteiger partial charge >= 0.3 is 0 Å². The number of nitriles is 1. The number of anilines is 2. The van der Waals surface area contributed by atoms with E-state index in [1.165, 1.54) is 18.2 Å². The molecule has 0 fully saturated rings. The Morgan fingerprint density at radius 1 is 1.26 bits per heavy atom. The summed E-state index contributed by atoms with van der Waals surface area (Å²) in [5.41, 5.74) is 6.85. The highest BCUT2D eigenvalue weighted by atomic mass is 16.3. The van der Waals surface area contributed by atoms with E-state index in [9.17, 15) is 9.90 Å². The summed E-state index contributed by atoms with van der Waals surface area (Å²) in [6.45, 7) is 0. The Kier molecular flexibility index (Phi) is 3.35. The number of aromatic hydroxyl groups is 1. The Balaban J connectivity index is 2.31. The van der Waals surface area contributed by atoms with Gasteiger partial charge in [0.25, 0.3) is 5.91 Å². The van der Waals surface area contributed by atoms with Gasteiger partial charge in [-0.05, 0) is 30.3 Å². The summed E-state index contributed by atoms with van der Waals surface area (Å²) in [5.74, 6) is -0.524.